The predicted molar refractivity (Wildman–Crippen MR) is 84.6 cm³/mol. The number of piperidine rings is 1. The summed E-state index contributed by atoms with van der Waals surface area (Å²) in [6.45, 7) is 2.38. The van der Waals surface area contributed by atoms with E-state index in [9.17, 15) is 4.39 Å². The van der Waals surface area contributed by atoms with Crippen molar-refractivity contribution in [3.05, 3.63) is 34.1 Å². The highest BCUT2D eigenvalue weighted by Gasteiger charge is 2.27. The first kappa shape index (κ1) is 17.9. The van der Waals surface area contributed by atoms with Gasteiger partial charge in [-0.05, 0) is 30.5 Å². The number of ether oxygens (including phenoxy) is 1. The van der Waals surface area contributed by atoms with Gasteiger partial charge in [-0.3, -0.25) is 4.90 Å². The molecule has 20 heavy (non-hydrogen) atoms. The summed E-state index contributed by atoms with van der Waals surface area (Å²) in [5.74, 6) is -0.218. The molecule has 6 heteroatoms. The van der Waals surface area contributed by atoms with E-state index >= 15 is 0 Å². The molecule has 1 aliphatic rings. The van der Waals surface area contributed by atoms with E-state index in [0.717, 1.165) is 36.0 Å². The van der Waals surface area contributed by atoms with E-state index in [0.29, 0.717) is 18.7 Å². The third kappa shape index (κ3) is 4.40. The van der Waals surface area contributed by atoms with Crippen LogP contribution in [0.1, 0.15) is 18.4 Å². The molecular formula is C14H21BrClFN2O. The second-order valence-corrected chi connectivity index (χ2v) is 5.83. The van der Waals surface area contributed by atoms with E-state index < -0.39 is 0 Å². The zero-order valence-corrected chi connectivity index (χ0v) is 13.9. The largest absolute Gasteiger partial charge is 0.381 e. The first-order valence-electron chi connectivity index (χ1n) is 6.55. The summed E-state index contributed by atoms with van der Waals surface area (Å²) in [6, 6.07) is 5.17. The number of methoxy groups -OCH3 is 1. The standard InChI is InChI=1S/C14H20BrFN2O.ClH/c1-19-13-4-5-18(12(7-13)8-17)9-10-2-3-11(16)6-14(10)15;/h2-3,6,12-13H,4-5,7-9,17H2,1H3;1H. The molecule has 0 radical (unpaired) electrons. The molecule has 1 aromatic rings. The van der Waals surface area contributed by atoms with Gasteiger partial charge in [0.1, 0.15) is 5.82 Å². The van der Waals surface area contributed by atoms with E-state index in [2.05, 4.69) is 20.8 Å². The second-order valence-electron chi connectivity index (χ2n) is 4.98. The zero-order valence-electron chi connectivity index (χ0n) is 11.5. The van der Waals surface area contributed by atoms with Crippen LogP contribution in [-0.2, 0) is 11.3 Å². The predicted octanol–water partition coefficient (Wildman–Crippen LogP) is 2.95. The van der Waals surface area contributed by atoms with E-state index in [1.807, 2.05) is 6.07 Å². The number of nitrogens with two attached hydrogens (primary N) is 1. The van der Waals surface area contributed by atoms with Crippen molar-refractivity contribution in [2.24, 2.45) is 5.73 Å². The fourth-order valence-corrected chi connectivity index (χ4v) is 3.08. The van der Waals surface area contributed by atoms with Crippen LogP contribution in [0.25, 0.3) is 0 Å². The fraction of sp³-hybridized carbons (Fsp3) is 0.571. The Kier molecular flexibility index (Phi) is 7.40. The summed E-state index contributed by atoms with van der Waals surface area (Å²) in [5.41, 5.74) is 6.95. The lowest BCUT2D eigenvalue weighted by Gasteiger charge is -2.38. The van der Waals surface area contributed by atoms with Crippen LogP contribution in [0.4, 0.5) is 4.39 Å². The minimum absolute atomic E-state index is 0. The molecule has 1 fully saturated rings. The Labute approximate surface area is 134 Å². The SMILES string of the molecule is COC1CCN(Cc2ccc(F)cc2Br)C(CN)C1.Cl. The Bertz CT molecular complexity index is 436. The third-order valence-corrected chi connectivity index (χ3v) is 4.52. The lowest BCUT2D eigenvalue weighted by molar-refractivity contribution is 0.0101. The van der Waals surface area contributed by atoms with Crippen molar-refractivity contribution in [2.45, 2.75) is 31.5 Å². The van der Waals surface area contributed by atoms with Crippen LogP contribution < -0.4 is 5.73 Å². The van der Waals surface area contributed by atoms with Crippen LogP contribution in [0, 0.1) is 5.82 Å². The summed E-state index contributed by atoms with van der Waals surface area (Å²) < 4.78 is 19.3. The summed E-state index contributed by atoms with van der Waals surface area (Å²) in [5, 5.41) is 0. The van der Waals surface area contributed by atoms with Crippen LogP contribution in [-0.4, -0.2) is 37.2 Å². The van der Waals surface area contributed by atoms with Crippen LogP contribution in [0.2, 0.25) is 0 Å². The zero-order chi connectivity index (χ0) is 13.8. The molecule has 1 saturated heterocycles. The molecule has 2 N–H and O–H groups in total. The Morgan fingerprint density at radius 1 is 1.50 bits per heavy atom. The van der Waals surface area contributed by atoms with Gasteiger partial charge in [-0.15, -0.1) is 12.4 Å². The minimum atomic E-state index is -0.218. The second kappa shape index (κ2) is 8.29. The van der Waals surface area contributed by atoms with Crippen molar-refractivity contribution < 1.29 is 9.13 Å². The van der Waals surface area contributed by atoms with Crippen LogP contribution in [0.15, 0.2) is 22.7 Å². The maximum atomic E-state index is 13.1. The third-order valence-electron chi connectivity index (χ3n) is 3.78. The quantitative estimate of drug-likeness (QED) is 0.889. The molecule has 1 aromatic carbocycles. The van der Waals surface area contributed by atoms with Crippen LogP contribution >= 0.6 is 28.3 Å². The molecule has 2 atom stereocenters. The molecule has 114 valence electrons. The molecule has 0 bridgehead atoms. The van der Waals surface area contributed by atoms with Crippen LogP contribution in [0.5, 0.6) is 0 Å². The molecule has 0 aromatic heterocycles. The van der Waals surface area contributed by atoms with Gasteiger partial charge in [0.05, 0.1) is 6.10 Å². The number of hydrogen-bond acceptors (Lipinski definition) is 3. The summed E-state index contributed by atoms with van der Waals surface area (Å²) in [6.07, 6.45) is 2.29. The van der Waals surface area contributed by atoms with Gasteiger partial charge in [-0.25, -0.2) is 4.39 Å². The van der Waals surface area contributed by atoms with Crippen molar-refractivity contribution >= 4 is 28.3 Å². The van der Waals surface area contributed by atoms with Crippen molar-refractivity contribution in [1.82, 2.24) is 4.90 Å². The smallest absolute Gasteiger partial charge is 0.124 e. The number of halogens is 3. The molecule has 0 aliphatic carbocycles. The maximum Gasteiger partial charge on any atom is 0.124 e. The van der Waals surface area contributed by atoms with E-state index in [4.69, 9.17) is 10.5 Å². The molecule has 2 unspecified atom stereocenters. The molecule has 1 heterocycles. The van der Waals surface area contributed by atoms with E-state index in [-0.39, 0.29) is 18.2 Å². The Balaban J connectivity index is 0.00000200. The first-order chi connectivity index (χ1) is 9.13. The molecule has 2 rings (SSSR count). The molecular weight excluding hydrogens is 347 g/mol. The van der Waals surface area contributed by atoms with Gasteiger partial charge in [-0.2, -0.15) is 0 Å². The average molecular weight is 368 g/mol. The molecule has 0 spiro atoms. The fourth-order valence-electron chi connectivity index (χ4n) is 2.60. The molecule has 1 aliphatic heterocycles. The normalized spacial score (nSPS) is 23.4. The highest BCUT2D eigenvalue weighted by Crippen LogP contribution is 2.25. The molecule has 0 saturated carbocycles. The lowest BCUT2D eigenvalue weighted by atomic mass is 9.98. The van der Waals surface area contributed by atoms with Crippen molar-refractivity contribution in [2.75, 3.05) is 20.2 Å². The number of benzene rings is 1. The number of hydrogen-bond donors (Lipinski definition) is 1. The highest BCUT2D eigenvalue weighted by molar-refractivity contribution is 9.10. The topological polar surface area (TPSA) is 38.5 Å². The average Bonchev–Trinajstić information content (AvgIpc) is 2.42. The van der Waals surface area contributed by atoms with E-state index in [1.54, 1.807) is 7.11 Å². The van der Waals surface area contributed by atoms with Gasteiger partial charge in [0.15, 0.2) is 0 Å². The lowest BCUT2D eigenvalue weighted by Crippen LogP contribution is -2.48. The number of likely N-dealkylation sites (tertiary alicyclic amines) is 1. The van der Waals surface area contributed by atoms with Crippen LogP contribution in [0.3, 0.4) is 0 Å². The van der Waals surface area contributed by atoms with Gasteiger partial charge in [0, 0.05) is 37.3 Å². The van der Waals surface area contributed by atoms with Crippen molar-refractivity contribution in [3.8, 4) is 0 Å². The van der Waals surface area contributed by atoms with Crippen molar-refractivity contribution in [1.29, 1.82) is 0 Å². The molecule has 3 nitrogen and oxygen atoms in total. The Hall–Kier alpha value is -0.200. The van der Waals surface area contributed by atoms with Gasteiger partial charge in [0.25, 0.3) is 0 Å². The molecule has 0 amide bonds. The Morgan fingerprint density at radius 2 is 2.25 bits per heavy atom. The van der Waals surface area contributed by atoms with Gasteiger partial charge in [-0.1, -0.05) is 22.0 Å². The van der Waals surface area contributed by atoms with E-state index in [1.165, 1.54) is 12.1 Å². The van der Waals surface area contributed by atoms with Crippen molar-refractivity contribution in [3.63, 3.8) is 0 Å². The number of rotatable bonds is 4. The summed E-state index contributed by atoms with van der Waals surface area (Å²) in [7, 11) is 1.75. The number of nitrogens with zero attached hydrogens (tertiary/aromatic N) is 1. The maximum absolute atomic E-state index is 13.1. The van der Waals surface area contributed by atoms with Gasteiger partial charge in [0.2, 0.25) is 0 Å². The summed E-state index contributed by atoms with van der Waals surface area (Å²) in [4.78, 5) is 2.35. The first-order valence-corrected chi connectivity index (χ1v) is 7.34. The van der Waals surface area contributed by atoms with Gasteiger partial charge >= 0.3 is 0 Å². The Morgan fingerprint density at radius 3 is 2.85 bits per heavy atom. The summed E-state index contributed by atoms with van der Waals surface area (Å²) >= 11 is 3.42. The monoisotopic (exact) mass is 366 g/mol. The minimum Gasteiger partial charge on any atom is -0.381 e. The highest BCUT2D eigenvalue weighted by atomic mass is 79.9. The van der Waals surface area contributed by atoms with Gasteiger partial charge < -0.3 is 10.5 Å².